The molecule has 1 aliphatic rings. The number of piperazine rings is 1. The second kappa shape index (κ2) is 8.94. The predicted molar refractivity (Wildman–Crippen MR) is 114 cm³/mol. The van der Waals surface area contributed by atoms with E-state index < -0.39 is 0 Å². The zero-order valence-corrected chi connectivity index (χ0v) is 16.8. The van der Waals surface area contributed by atoms with Crippen LogP contribution in [-0.4, -0.2) is 50.1 Å². The first-order valence-corrected chi connectivity index (χ1v) is 10.0. The number of hydrogen-bond donors (Lipinski definition) is 0. The first kappa shape index (κ1) is 19.3. The molecule has 144 valence electrons. The lowest BCUT2D eigenvalue weighted by atomic mass is 10.1. The maximum absolute atomic E-state index is 12.6. The van der Waals surface area contributed by atoms with Crippen molar-refractivity contribution < 1.29 is 4.79 Å². The highest BCUT2D eigenvalue weighted by atomic mass is 16.2. The Morgan fingerprint density at radius 2 is 1.48 bits per heavy atom. The van der Waals surface area contributed by atoms with Crippen LogP contribution in [0, 0.1) is 6.92 Å². The molecule has 4 heteroatoms. The summed E-state index contributed by atoms with van der Waals surface area (Å²) in [5.41, 5.74) is 4.85. The van der Waals surface area contributed by atoms with E-state index in [1.54, 1.807) is 0 Å². The molecule has 0 unspecified atom stereocenters. The largest absolute Gasteiger partial charge is 0.372 e. The zero-order valence-electron chi connectivity index (χ0n) is 16.8. The van der Waals surface area contributed by atoms with Crippen molar-refractivity contribution in [3.63, 3.8) is 0 Å². The summed E-state index contributed by atoms with van der Waals surface area (Å²) in [5, 5.41) is 0. The molecule has 0 spiro atoms. The van der Waals surface area contributed by atoms with Crippen molar-refractivity contribution in [2.75, 3.05) is 49.1 Å². The van der Waals surface area contributed by atoms with Crippen LogP contribution in [0.25, 0.3) is 0 Å². The Balaban J connectivity index is 1.53. The van der Waals surface area contributed by atoms with Crippen LogP contribution in [-0.2, 0) is 11.2 Å². The quantitative estimate of drug-likeness (QED) is 0.780. The lowest BCUT2D eigenvalue weighted by molar-refractivity contribution is -0.130. The molecule has 0 saturated carbocycles. The fourth-order valence-corrected chi connectivity index (χ4v) is 3.67. The Hall–Kier alpha value is -2.49. The van der Waals surface area contributed by atoms with Gasteiger partial charge in [-0.15, -0.1) is 0 Å². The standard InChI is InChI=1S/C23H31N3O/c1-4-24(5-2)21-10-12-22(13-11-21)25-14-16-26(17-15-25)23(27)18-20-8-6-19(3)7-9-20/h6-13H,4-5,14-18H2,1-3H3. The van der Waals surface area contributed by atoms with Crippen LogP contribution in [0.15, 0.2) is 48.5 Å². The number of amides is 1. The highest BCUT2D eigenvalue weighted by Gasteiger charge is 2.21. The second-order valence-electron chi connectivity index (χ2n) is 7.22. The molecule has 1 aliphatic heterocycles. The summed E-state index contributed by atoms with van der Waals surface area (Å²) >= 11 is 0. The summed E-state index contributed by atoms with van der Waals surface area (Å²) in [4.78, 5) is 19.3. The van der Waals surface area contributed by atoms with Crippen LogP contribution >= 0.6 is 0 Å². The molecule has 1 fully saturated rings. The summed E-state index contributed by atoms with van der Waals surface area (Å²) in [6, 6.07) is 17.1. The van der Waals surface area contributed by atoms with Gasteiger partial charge in [0, 0.05) is 50.6 Å². The minimum Gasteiger partial charge on any atom is -0.372 e. The molecular formula is C23H31N3O. The van der Waals surface area contributed by atoms with Crippen LogP contribution in [0.2, 0.25) is 0 Å². The summed E-state index contributed by atoms with van der Waals surface area (Å²) in [5.74, 6) is 0.232. The second-order valence-corrected chi connectivity index (χ2v) is 7.22. The molecular weight excluding hydrogens is 334 g/mol. The Bertz CT molecular complexity index is 727. The van der Waals surface area contributed by atoms with Gasteiger partial charge in [-0.1, -0.05) is 29.8 Å². The molecule has 1 saturated heterocycles. The van der Waals surface area contributed by atoms with E-state index in [9.17, 15) is 4.79 Å². The number of rotatable bonds is 6. The molecule has 0 atom stereocenters. The molecule has 4 nitrogen and oxygen atoms in total. The summed E-state index contributed by atoms with van der Waals surface area (Å²) in [6.07, 6.45) is 0.499. The van der Waals surface area contributed by atoms with Gasteiger partial charge in [-0.25, -0.2) is 0 Å². The molecule has 0 aromatic heterocycles. The summed E-state index contributed by atoms with van der Waals surface area (Å²) in [7, 11) is 0. The third-order valence-corrected chi connectivity index (χ3v) is 5.45. The zero-order chi connectivity index (χ0) is 19.2. The van der Waals surface area contributed by atoms with Gasteiger partial charge < -0.3 is 14.7 Å². The molecule has 0 radical (unpaired) electrons. The molecule has 2 aromatic carbocycles. The molecule has 0 bridgehead atoms. The van der Waals surface area contributed by atoms with Crippen molar-refractivity contribution in [1.29, 1.82) is 0 Å². The van der Waals surface area contributed by atoms with E-state index >= 15 is 0 Å². The van der Waals surface area contributed by atoms with Crippen LogP contribution in [0.4, 0.5) is 11.4 Å². The van der Waals surface area contributed by atoms with Gasteiger partial charge in [-0.2, -0.15) is 0 Å². The van der Waals surface area contributed by atoms with Gasteiger partial charge in [0.15, 0.2) is 0 Å². The van der Waals surface area contributed by atoms with Crippen molar-refractivity contribution in [1.82, 2.24) is 4.90 Å². The number of aryl methyl sites for hydroxylation is 1. The van der Waals surface area contributed by atoms with Gasteiger partial charge in [0.25, 0.3) is 0 Å². The van der Waals surface area contributed by atoms with Crippen LogP contribution < -0.4 is 9.80 Å². The van der Waals surface area contributed by atoms with Crippen molar-refractivity contribution in [3.05, 3.63) is 59.7 Å². The van der Waals surface area contributed by atoms with Crippen molar-refractivity contribution in [2.24, 2.45) is 0 Å². The van der Waals surface area contributed by atoms with Gasteiger partial charge in [-0.05, 0) is 50.6 Å². The first-order chi connectivity index (χ1) is 13.1. The lowest BCUT2D eigenvalue weighted by Gasteiger charge is -2.36. The number of nitrogens with zero attached hydrogens (tertiary/aromatic N) is 3. The monoisotopic (exact) mass is 365 g/mol. The van der Waals surface area contributed by atoms with Gasteiger partial charge in [0.05, 0.1) is 6.42 Å². The molecule has 0 aliphatic carbocycles. The maximum atomic E-state index is 12.6. The fourth-order valence-electron chi connectivity index (χ4n) is 3.67. The van der Waals surface area contributed by atoms with Crippen LogP contribution in [0.3, 0.4) is 0 Å². The van der Waals surface area contributed by atoms with Crippen LogP contribution in [0.5, 0.6) is 0 Å². The van der Waals surface area contributed by atoms with Crippen molar-refractivity contribution in [3.8, 4) is 0 Å². The van der Waals surface area contributed by atoms with E-state index in [0.29, 0.717) is 6.42 Å². The number of hydrogen-bond acceptors (Lipinski definition) is 3. The average Bonchev–Trinajstić information content (AvgIpc) is 2.71. The van der Waals surface area contributed by atoms with E-state index in [1.807, 2.05) is 4.90 Å². The van der Waals surface area contributed by atoms with E-state index in [-0.39, 0.29) is 5.91 Å². The third-order valence-electron chi connectivity index (χ3n) is 5.45. The van der Waals surface area contributed by atoms with E-state index in [1.165, 1.54) is 16.9 Å². The summed E-state index contributed by atoms with van der Waals surface area (Å²) in [6.45, 7) is 11.9. The van der Waals surface area contributed by atoms with Gasteiger partial charge in [0.1, 0.15) is 0 Å². The number of anilines is 2. The Labute approximate surface area is 163 Å². The van der Waals surface area contributed by atoms with E-state index in [0.717, 1.165) is 44.8 Å². The smallest absolute Gasteiger partial charge is 0.227 e. The highest BCUT2D eigenvalue weighted by Crippen LogP contribution is 2.22. The first-order valence-electron chi connectivity index (χ1n) is 10.0. The predicted octanol–water partition coefficient (Wildman–Crippen LogP) is 3.73. The minimum atomic E-state index is 0.232. The molecule has 0 N–H and O–H groups in total. The molecule has 27 heavy (non-hydrogen) atoms. The number of benzene rings is 2. The number of carbonyl (C=O) groups is 1. The fraction of sp³-hybridized carbons (Fsp3) is 0.435. The Kier molecular flexibility index (Phi) is 6.38. The van der Waals surface area contributed by atoms with Gasteiger partial charge >= 0.3 is 0 Å². The normalized spacial score (nSPS) is 14.3. The van der Waals surface area contributed by atoms with Crippen LogP contribution in [0.1, 0.15) is 25.0 Å². The minimum absolute atomic E-state index is 0.232. The molecule has 3 rings (SSSR count). The summed E-state index contributed by atoms with van der Waals surface area (Å²) < 4.78 is 0. The van der Waals surface area contributed by atoms with Crippen molar-refractivity contribution in [2.45, 2.75) is 27.2 Å². The topological polar surface area (TPSA) is 26.8 Å². The van der Waals surface area contributed by atoms with Crippen molar-refractivity contribution >= 4 is 17.3 Å². The lowest BCUT2D eigenvalue weighted by Crippen LogP contribution is -2.49. The Morgan fingerprint density at radius 3 is 2.04 bits per heavy atom. The molecule has 2 aromatic rings. The van der Waals surface area contributed by atoms with Gasteiger partial charge in [-0.3, -0.25) is 4.79 Å². The maximum Gasteiger partial charge on any atom is 0.227 e. The highest BCUT2D eigenvalue weighted by molar-refractivity contribution is 5.79. The molecule has 1 amide bonds. The van der Waals surface area contributed by atoms with Gasteiger partial charge in [0.2, 0.25) is 5.91 Å². The van der Waals surface area contributed by atoms with E-state index in [4.69, 9.17) is 0 Å². The molecule has 1 heterocycles. The van der Waals surface area contributed by atoms with E-state index in [2.05, 4.69) is 79.1 Å². The number of carbonyl (C=O) groups excluding carboxylic acids is 1. The third kappa shape index (κ3) is 4.82. The Morgan fingerprint density at radius 1 is 0.889 bits per heavy atom. The average molecular weight is 366 g/mol. The SMILES string of the molecule is CCN(CC)c1ccc(N2CCN(C(=O)Cc3ccc(C)cc3)CC2)cc1.